The van der Waals surface area contributed by atoms with Crippen LogP contribution in [0.15, 0.2) is 42.5 Å². The fourth-order valence-electron chi connectivity index (χ4n) is 4.31. The zero-order chi connectivity index (χ0) is 26.9. The van der Waals surface area contributed by atoms with Crippen LogP contribution < -0.4 is 10.1 Å². The number of halogens is 5. The molecule has 0 bridgehead atoms. The van der Waals surface area contributed by atoms with E-state index in [-0.39, 0.29) is 0 Å². The van der Waals surface area contributed by atoms with E-state index in [9.17, 15) is 22.8 Å². The van der Waals surface area contributed by atoms with Crippen LogP contribution in [-0.4, -0.2) is 32.1 Å². The van der Waals surface area contributed by atoms with Gasteiger partial charge >= 0.3 is 5.97 Å². The van der Waals surface area contributed by atoms with Crippen LogP contribution in [0, 0.1) is 30.3 Å². The van der Waals surface area contributed by atoms with Gasteiger partial charge < -0.3 is 14.8 Å². The molecule has 1 saturated carbocycles. The van der Waals surface area contributed by atoms with Gasteiger partial charge in [0, 0.05) is 22.6 Å². The number of nitrogens with one attached hydrogen (secondary N) is 1. The number of amides is 1. The molecule has 2 aliphatic rings. The number of benzene rings is 3. The number of ether oxygens (including phenoxy) is 2. The summed E-state index contributed by atoms with van der Waals surface area (Å²) < 4.78 is 49.8. The van der Waals surface area contributed by atoms with Crippen molar-refractivity contribution in [3.05, 3.63) is 86.7 Å². The number of hydrogen-bond acceptors (Lipinski definition) is 4. The Morgan fingerprint density at radius 3 is 2.35 bits per heavy atom. The predicted octanol–water partition coefficient (Wildman–Crippen LogP) is 6.47. The second-order valence-electron chi connectivity index (χ2n) is 8.69. The first kappa shape index (κ1) is 26.8. The average molecular weight is 552 g/mol. The average Bonchev–Trinajstić information content (AvgIpc) is 3.63. The molecule has 5 nitrogen and oxygen atoms in total. The normalized spacial score (nSPS) is 16.8. The third-order valence-electron chi connectivity index (χ3n) is 6.24. The van der Waals surface area contributed by atoms with Crippen LogP contribution in [0.5, 0.6) is 5.75 Å². The number of hydrogen-bond donors (Lipinski definition) is 1. The van der Waals surface area contributed by atoms with Crippen molar-refractivity contribution < 1.29 is 32.2 Å². The lowest BCUT2D eigenvalue weighted by atomic mass is 9.93. The second-order valence-corrected chi connectivity index (χ2v) is 9.50. The van der Waals surface area contributed by atoms with Gasteiger partial charge in [-0.15, -0.1) is 0 Å². The standard InChI is InChI=1S/C17H13Cl2FO.C10H9F2NO3/c1-8-2-3-11(16-13(18)5-10(20)6-14(16)19)17-15(8)12-4-9(12)7-21-17;1-16-8(14)5-13-10(15)9-6(11)3-2-4-7(9)12/h2-3,5-6,9,12H,4,7H2,1H3;2-4H,5H2,1H3,(H,13,15). The van der Waals surface area contributed by atoms with Gasteiger partial charge in [-0.2, -0.15) is 0 Å². The van der Waals surface area contributed by atoms with Gasteiger partial charge in [0.25, 0.3) is 5.91 Å². The molecule has 3 aromatic rings. The number of carbonyl (C=O) groups is 2. The van der Waals surface area contributed by atoms with E-state index in [1.807, 2.05) is 11.4 Å². The Morgan fingerprint density at radius 1 is 1.08 bits per heavy atom. The minimum Gasteiger partial charge on any atom is -0.492 e. The zero-order valence-corrected chi connectivity index (χ0v) is 21.4. The van der Waals surface area contributed by atoms with Crippen molar-refractivity contribution in [3.8, 4) is 16.9 Å². The Balaban J connectivity index is 0.000000181. The third-order valence-corrected chi connectivity index (χ3v) is 6.83. The molecular weight excluding hydrogens is 530 g/mol. The van der Waals surface area contributed by atoms with Crippen LogP contribution in [0.1, 0.15) is 33.8 Å². The zero-order valence-electron chi connectivity index (χ0n) is 19.8. The van der Waals surface area contributed by atoms with Crippen LogP contribution in [0.3, 0.4) is 0 Å². The lowest BCUT2D eigenvalue weighted by Gasteiger charge is -2.23. The molecule has 1 N–H and O–H groups in total. The van der Waals surface area contributed by atoms with Crippen molar-refractivity contribution in [2.24, 2.45) is 5.92 Å². The summed E-state index contributed by atoms with van der Waals surface area (Å²) >= 11 is 12.4. The molecule has 1 aliphatic carbocycles. The van der Waals surface area contributed by atoms with Gasteiger partial charge in [-0.05, 0) is 49.1 Å². The maximum atomic E-state index is 13.4. The maximum Gasteiger partial charge on any atom is 0.325 e. The number of aryl methyl sites for hydroxylation is 1. The van der Waals surface area contributed by atoms with E-state index in [1.165, 1.54) is 29.7 Å². The van der Waals surface area contributed by atoms with E-state index >= 15 is 0 Å². The number of fused-ring (bicyclic) bond motifs is 3. The summed E-state index contributed by atoms with van der Waals surface area (Å²) in [5.41, 5.74) is 3.29. The predicted molar refractivity (Wildman–Crippen MR) is 134 cm³/mol. The van der Waals surface area contributed by atoms with Crippen LogP contribution in [0.2, 0.25) is 10.0 Å². The second kappa shape index (κ2) is 11.0. The van der Waals surface area contributed by atoms with Gasteiger partial charge in [-0.1, -0.05) is 41.4 Å². The number of esters is 1. The highest BCUT2D eigenvalue weighted by atomic mass is 35.5. The van der Waals surface area contributed by atoms with Gasteiger partial charge in [0.15, 0.2) is 0 Å². The van der Waals surface area contributed by atoms with Crippen molar-refractivity contribution in [2.75, 3.05) is 20.3 Å². The first-order valence-electron chi connectivity index (χ1n) is 11.3. The molecule has 0 radical (unpaired) electrons. The minimum absolute atomic E-state index is 0.313. The Hall–Kier alpha value is -3.23. The van der Waals surface area contributed by atoms with Crippen molar-refractivity contribution in [3.63, 3.8) is 0 Å². The molecule has 3 aromatic carbocycles. The highest BCUT2D eigenvalue weighted by molar-refractivity contribution is 6.39. The number of rotatable bonds is 4. The van der Waals surface area contributed by atoms with Crippen LogP contribution in [-0.2, 0) is 9.53 Å². The quantitative estimate of drug-likeness (QED) is 0.377. The van der Waals surface area contributed by atoms with Gasteiger partial charge in [-0.25, -0.2) is 13.2 Å². The molecule has 2 atom stereocenters. The molecule has 0 spiro atoms. The molecular formula is C27H22Cl2F3NO4. The van der Waals surface area contributed by atoms with E-state index in [0.717, 1.165) is 43.2 Å². The van der Waals surface area contributed by atoms with E-state index in [0.29, 0.717) is 27.4 Å². The smallest absolute Gasteiger partial charge is 0.325 e. The molecule has 37 heavy (non-hydrogen) atoms. The first-order valence-corrected chi connectivity index (χ1v) is 12.1. The van der Waals surface area contributed by atoms with E-state index in [1.54, 1.807) is 0 Å². The SMILES string of the molecule is COC(=O)CNC(=O)c1c(F)cccc1F.Cc1ccc(-c2c(Cl)cc(F)cc2Cl)c2c1C1CC1CO2. The summed E-state index contributed by atoms with van der Waals surface area (Å²) in [7, 11) is 1.14. The summed E-state index contributed by atoms with van der Waals surface area (Å²) in [6.07, 6.45) is 1.18. The monoisotopic (exact) mass is 551 g/mol. The fraction of sp³-hybridized carbons (Fsp3) is 0.259. The lowest BCUT2D eigenvalue weighted by molar-refractivity contribution is -0.139. The van der Waals surface area contributed by atoms with Crippen LogP contribution >= 0.6 is 23.2 Å². The van der Waals surface area contributed by atoms with Gasteiger partial charge in [0.2, 0.25) is 0 Å². The van der Waals surface area contributed by atoms with E-state index < -0.39 is 41.4 Å². The van der Waals surface area contributed by atoms with Crippen LogP contribution in [0.25, 0.3) is 11.1 Å². The molecule has 5 rings (SSSR count). The highest BCUT2D eigenvalue weighted by Gasteiger charge is 2.45. The molecule has 0 saturated heterocycles. The fourth-order valence-corrected chi connectivity index (χ4v) is 4.98. The highest BCUT2D eigenvalue weighted by Crippen LogP contribution is 2.57. The van der Waals surface area contributed by atoms with Gasteiger partial charge in [-0.3, -0.25) is 9.59 Å². The molecule has 1 heterocycles. The van der Waals surface area contributed by atoms with Crippen molar-refractivity contribution in [2.45, 2.75) is 19.3 Å². The van der Waals surface area contributed by atoms with Crippen molar-refractivity contribution >= 4 is 35.1 Å². The summed E-state index contributed by atoms with van der Waals surface area (Å²) in [6, 6.07) is 9.65. The summed E-state index contributed by atoms with van der Waals surface area (Å²) in [6.45, 7) is 2.40. The maximum absolute atomic E-state index is 13.4. The van der Waals surface area contributed by atoms with Crippen molar-refractivity contribution in [1.29, 1.82) is 0 Å². The third kappa shape index (κ3) is 5.70. The Labute approximate surface area is 221 Å². The molecule has 1 fully saturated rings. The molecule has 2 unspecified atom stereocenters. The largest absolute Gasteiger partial charge is 0.492 e. The lowest BCUT2D eigenvalue weighted by Crippen LogP contribution is -2.31. The van der Waals surface area contributed by atoms with E-state index in [2.05, 4.69) is 17.7 Å². The summed E-state index contributed by atoms with van der Waals surface area (Å²) in [5, 5.41) is 2.66. The number of carbonyl (C=O) groups excluding carboxylic acids is 2. The molecule has 10 heteroatoms. The minimum atomic E-state index is -0.999. The first-order chi connectivity index (χ1) is 17.6. The topological polar surface area (TPSA) is 64.6 Å². The Bertz CT molecular complexity index is 1340. The van der Waals surface area contributed by atoms with Crippen LogP contribution in [0.4, 0.5) is 13.2 Å². The Morgan fingerprint density at radius 2 is 1.73 bits per heavy atom. The van der Waals surface area contributed by atoms with Gasteiger partial charge in [0.1, 0.15) is 35.3 Å². The van der Waals surface area contributed by atoms with Crippen molar-refractivity contribution in [1.82, 2.24) is 5.32 Å². The summed E-state index contributed by atoms with van der Waals surface area (Å²) in [5.74, 6) is -2.00. The molecule has 194 valence electrons. The molecule has 0 aromatic heterocycles. The Kier molecular flexibility index (Phi) is 7.99. The number of methoxy groups -OCH3 is 1. The molecule has 1 aliphatic heterocycles. The summed E-state index contributed by atoms with van der Waals surface area (Å²) in [4.78, 5) is 22.0. The van der Waals surface area contributed by atoms with Gasteiger partial charge in [0.05, 0.1) is 23.8 Å². The molecule has 1 amide bonds. The van der Waals surface area contributed by atoms with E-state index in [4.69, 9.17) is 27.9 Å².